The lowest BCUT2D eigenvalue weighted by molar-refractivity contribution is 0.143. The molecule has 0 atom stereocenters. The third-order valence-electron chi connectivity index (χ3n) is 2.20. The van der Waals surface area contributed by atoms with Crippen LogP contribution in [0.25, 0.3) is 11.3 Å². The zero-order chi connectivity index (χ0) is 13.3. The fourth-order valence-electron chi connectivity index (χ4n) is 1.45. The Morgan fingerprint density at radius 3 is 2.56 bits per heavy atom. The van der Waals surface area contributed by atoms with Gasteiger partial charge in [-0.3, -0.25) is 0 Å². The molecule has 7 heteroatoms. The molecule has 2 rings (SSSR count). The number of halogens is 2. The van der Waals surface area contributed by atoms with E-state index in [-0.39, 0.29) is 17.2 Å². The largest absolute Gasteiger partial charge is 0.511 e. The smallest absolute Gasteiger partial charge is 0.449 e. The number of aromatic nitrogens is 1. The van der Waals surface area contributed by atoms with Gasteiger partial charge in [0.2, 0.25) is 5.75 Å². The summed E-state index contributed by atoms with van der Waals surface area (Å²) in [6, 6.07) is 4.88. The van der Waals surface area contributed by atoms with Crippen molar-refractivity contribution < 1.29 is 19.2 Å². The van der Waals surface area contributed by atoms with Crippen molar-refractivity contribution in [1.82, 2.24) is 5.16 Å². The predicted molar refractivity (Wildman–Crippen MR) is 65.3 cm³/mol. The molecule has 0 bridgehead atoms. The number of hydrogen-bond donors (Lipinski definition) is 1. The van der Waals surface area contributed by atoms with E-state index in [0.29, 0.717) is 15.6 Å². The number of ether oxygens (including phenoxy) is 1. The number of carbonyl (C=O) groups is 1. The molecule has 1 N–H and O–H groups in total. The van der Waals surface area contributed by atoms with E-state index in [1.165, 1.54) is 6.92 Å². The Morgan fingerprint density at radius 2 is 2.00 bits per heavy atom. The summed E-state index contributed by atoms with van der Waals surface area (Å²) >= 11 is 12.0. The molecule has 94 valence electrons. The van der Waals surface area contributed by atoms with Crippen molar-refractivity contribution in [1.29, 1.82) is 0 Å². The van der Waals surface area contributed by atoms with Crippen LogP contribution in [-0.2, 0) is 0 Å². The SMILES string of the molecule is Cc1onc(-c2c(Cl)cccc2Cl)c1OC(=O)O. The van der Waals surface area contributed by atoms with Crippen LogP contribution in [-0.4, -0.2) is 16.4 Å². The third-order valence-corrected chi connectivity index (χ3v) is 2.83. The Morgan fingerprint density at radius 1 is 1.39 bits per heavy atom. The molecule has 0 radical (unpaired) electrons. The first-order chi connectivity index (χ1) is 8.50. The highest BCUT2D eigenvalue weighted by atomic mass is 35.5. The number of rotatable bonds is 2. The van der Waals surface area contributed by atoms with Crippen LogP contribution in [0.15, 0.2) is 22.7 Å². The maximum Gasteiger partial charge on any atom is 0.511 e. The highest BCUT2D eigenvalue weighted by Crippen LogP contribution is 2.40. The first-order valence-electron chi connectivity index (χ1n) is 4.82. The molecule has 2 aromatic rings. The summed E-state index contributed by atoms with van der Waals surface area (Å²) in [4.78, 5) is 10.6. The number of nitrogens with zero attached hydrogens (tertiary/aromatic N) is 1. The van der Waals surface area contributed by atoms with Gasteiger partial charge in [0, 0.05) is 12.5 Å². The average Bonchev–Trinajstić information content (AvgIpc) is 2.61. The number of hydrogen-bond acceptors (Lipinski definition) is 4. The van der Waals surface area contributed by atoms with Gasteiger partial charge in [-0.15, -0.1) is 0 Å². The van der Waals surface area contributed by atoms with E-state index in [4.69, 9.17) is 32.8 Å². The van der Waals surface area contributed by atoms with Gasteiger partial charge in [0.1, 0.15) is 0 Å². The van der Waals surface area contributed by atoms with Crippen molar-refractivity contribution in [3.8, 4) is 17.0 Å². The summed E-state index contributed by atoms with van der Waals surface area (Å²) < 4.78 is 9.53. The van der Waals surface area contributed by atoms with Gasteiger partial charge in [-0.05, 0) is 12.1 Å². The van der Waals surface area contributed by atoms with Gasteiger partial charge in [-0.25, -0.2) is 4.79 Å². The van der Waals surface area contributed by atoms with Gasteiger partial charge >= 0.3 is 6.16 Å². The van der Waals surface area contributed by atoms with Gasteiger partial charge in [0.05, 0.1) is 10.0 Å². The van der Waals surface area contributed by atoms with Crippen LogP contribution in [0.3, 0.4) is 0 Å². The molecule has 1 aromatic heterocycles. The lowest BCUT2D eigenvalue weighted by Crippen LogP contribution is -2.04. The van der Waals surface area contributed by atoms with Crippen LogP contribution >= 0.6 is 23.2 Å². The second kappa shape index (κ2) is 4.88. The van der Waals surface area contributed by atoms with Crippen LogP contribution in [0.1, 0.15) is 5.76 Å². The summed E-state index contributed by atoms with van der Waals surface area (Å²) in [5.74, 6) is 0.209. The Bertz CT molecular complexity index is 589. The molecule has 0 amide bonds. The summed E-state index contributed by atoms with van der Waals surface area (Å²) in [5, 5.41) is 13.0. The summed E-state index contributed by atoms with van der Waals surface area (Å²) in [7, 11) is 0. The summed E-state index contributed by atoms with van der Waals surface area (Å²) in [6.45, 7) is 1.53. The van der Waals surface area contributed by atoms with Crippen LogP contribution in [0.5, 0.6) is 5.75 Å². The Kier molecular flexibility index (Phi) is 3.45. The zero-order valence-corrected chi connectivity index (χ0v) is 10.6. The van der Waals surface area contributed by atoms with Gasteiger partial charge < -0.3 is 14.4 Å². The minimum absolute atomic E-state index is 0.0162. The standard InChI is InChI=1S/C11H7Cl2NO4/c1-5-10(17-11(15)16)9(14-18-5)8-6(12)3-2-4-7(8)13/h2-4H,1H3,(H,15,16). The monoisotopic (exact) mass is 287 g/mol. The molecule has 5 nitrogen and oxygen atoms in total. The molecular formula is C11H7Cl2NO4. The van der Waals surface area contributed by atoms with Crippen molar-refractivity contribution in [3.05, 3.63) is 34.0 Å². The molecular weight excluding hydrogens is 281 g/mol. The van der Waals surface area contributed by atoms with E-state index in [9.17, 15) is 4.79 Å². The second-order valence-electron chi connectivity index (χ2n) is 3.38. The van der Waals surface area contributed by atoms with Crippen molar-refractivity contribution >= 4 is 29.4 Å². The lowest BCUT2D eigenvalue weighted by atomic mass is 10.1. The van der Waals surface area contributed by atoms with E-state index in [0.717, 1.165) is 0 Å². The highest BCUT2D eigenvalue weighted by molar-refractivity contribution is 6.39. The first-order valence-corrected chi connectivity index (χ1v) is 5.57. The fraction of sp³-hybridized carbons (Fsp3) is 0.0909. The Labute approximate surface area is 112 Å². The minimum Gasteiger partial charge on any atom is -0.449 e. The van der Waals surface area contributed by atoms with E-state index in [2.05, 4.69) is 9.89 Å². The van der Waals surface area contributed by atoms with Crippen LogP contribution in [0, 0.1) is 6.92 Å². The third kappa shape index (κ3) is 2.27. The van der Waals surface area contributed by atoms with E-state index >= 15 is 0 Å². The van der Waals surface area contributed by atoms with Crippen molar-refractivity contribution in [2.75, 3.05) is 0 Å². The van der Waals surface area contributed by atoms with Gasteiger partial charge in [-0.1, -0.05) is 34.4 Å². The minimum atomic E-state index is -1.47. The molecule has 0 fully saturated rings. The Balaban J connectivity index is 2.61. The first kappa shape index (κ1) is 12.7. The van der Waals surface area contributed by atoms with E-state index in [1.54, 1.807) is 18.2 Å². The van der Waals surface area contributed by atoms with Gasteiger partial charge in [0.15, 0.2) is 11.5 Å². The molecule has 0 spiro atoms. The lowest BCUT2D eigenvalue weighted by Gasteiger charge is -2.05. The van der Waals surface area contributed by atoms with Crippen molar-refractivity contribution in [2.24, 2.45) is 0 Å². The molecule has 0 aliphatic heterocycles. The fourth-order valence-corrected chi connectivity index (χ4v) is 2.03. The van der Waals surface area contributed by atoms with Crippen molar-refractivity contribution in [2.45, 2.75) is 6.92 Å². The zero-order valence-electron chi connectivity index (χ0n) is 9.11. The molecule has 1 heterocycles. The molecule has 0 saturated carbocycles. The van der Waals surface area contributed by atoms with Crippen molar-refractivity contribution in [3.63, 3.8) is 0 Å². The second-order valence-corrected chi connectivity index (χ2v) is 4.20. The topological polar surface area (TPSA) is 72.6 Å². The quantitative estimate of drug-likeness (QED) is 0.845. The normalized spacial score (nSPS) is 10.4. The maximum absolute atomic E-state index is 10.6. The van der Waals surface area contributed by atoms with Crippen LogP contribution in [0.2, 0.25) is 10.0 Å². The van der Waals surface area contributed by atoms with Crippen LogP contribution in [0.4, 0.5) is 4.79 Å². The molecule has 18 heavy (non-hydrogen) atoms. The highest BCUT2D eigenvalue weighted by Gasteiger charge is 2.22. The number of carboxylic acid groups (broad SMARTS) is 1. The summed E-state index contributed by atoms with van der Waals surface area (Å²) in [6.07, 6.45) is -1.47. The van der Waals surface area contributed by atoms with Crippen LogP contribution < -0.4 is 4.74 Å². The molecule has 0 aliphatic carbocycles. The predicted octanol–water partition coefficient (Wildman–Crippen LogP) is 4.01. The Hall–Kier alpha value is -1.72. The molecule has 0 unspecified atom stereocenters. The molecule has 0 saturated heterocycles. The molecule has 0 aliphatic rings. The number of benzene rings is 1. The maximum atomic E-state index is 10.6. The number of aryl methyl sites for hydroxylation is 1. The van der Waals surface area contributed by atoms with E-state index in [1.807, 2.05) is 0 Å². The van der Waals surface area contributed by atoms with Gasteiger partial charge in [0.25, 0.3) is 0 Å². The average molecular weight is 288 g/mol. The van der Waals surface area contributed by atoms with Gasteiger partial charge in [-0.2, -0.15) is 0 Å². The molecule has 1 aromatic carbocycles. The van der Waals surface area contributed by atoms with E-state index < -0.39 is 6.16 Å². The summed E-state index contributed by atoms with van der Waals surface area (Å²) in [5.41, 5.74) is 0.527.